The molecule has 4 aromatic rings. The molecule has 6 heterocycles. The van der Waals surface area contributed by atoms with Crippen molar-refractivity contribution in [2.45, 2.75) is 51.1 Å². The molecule has 13 heteroatoms. The number of halogens is 4. The van der Waals surface area contributed by atoms with E-state index in [1.807, 2.05) is 18.7 Å². The van der Waals surface area contributed by atoms with Crippen LogP contribution in [0, 0.1) is 23.3 Å². The summed E-state index contributed by atoms with van der Waals surface area (Å²) < 4.78 is 72.7. The van der Waals surface area contributed by atoms with E-state index < -0.39 is 40.1 Å². The van der Waals surface area contributed by atoms with E-state index in [1.54, 1.807) is 0 Å². The Balaban J connectivity index is 0.00000160. The van der Waals surface area contributed by atoms with Crippen molar-refractivity contribution in [1.82, 2.24) is 25.2 Å². The lowest BCUT2D eigenvalue weighted by Crippen LogP contribution is -2.53. The smallest absolute Gasteiger partial charge is 0.319 e. The van der Waals surface area contributed by atoms with E-state index in [0.717, 1.165) is 57.0 Å². The predicted octanol–water partition coefficient (Wildman–Crippen LogP) is 5.31. The first-order valence-electron chi connectivity index (χ1n) is 15.5. The molecule has 4 aliphatic rings. The molecule has 0 bridgehead atoms. The molecule has 3 saturated heterocycles. The van der Waals surface area contributed by atoms with Gasteiger partial charge in [0.15, 0.2) is 23.3 Å². The molecule has 8 rings (SSSR count). The number of phenolic OH excluding ortho intramolecular Hbond substituents is 1. The third-order valence-electron chi connectivity index (χ3n) is 9.34. The number of ether oxygens (including phenoxy) is 2. The first-order valence-corrected chi connectivity index (χ1v) is 15.5. The average molecular weight is 627 g/mol. The van der Waals surface area contributed by atoms with Gasteiger partial charge < -0.3 is 24.8 Å². The molecule has 238 valence electrons. The zero-order valence-electron chi connectivity index (χ0n) is 25.1. The van der Waals surface area contributed by atoms with Crippen LogP contribution in [0.3, 0.4) is 0 Å². The molecular formula is C32H34F4N6O3. The summed E-state index contributed by atoms with van der Waals surface area (Å²) in [6.45, 7) is 8.43. The summed E-state index contributed by atoms with van der Waals surface area (Å²) in [5.74, 6) is -5.61. The number of phenols is 1. The molecule has 2 N–H and O–H groups in total. The highest BCUT2D eigenvalue weighted by Crippen LogP contribution is 2.44. The molecule has 4 aliphatic heterocycles. The van der Waals surface area contributed by atoms with Crippen molar-refractivity contribution in [1.29, 1.82) is 0 Å². The Hall–Kier alpha value is -3.97. The van der Waals surface area contributed by atoms with Crippen LogP contribution in [0.1, 0.15) is 39.5 Å². The molecule has 0 saturated carbocycles. The Bertz CT molecular complexity index is 1800. The van der Waals surface area contributed by atoms with Gasteiger partial charge in [0, 0.05) is 30.6 Å². The lowest BCUT2D eigenvalue weighted by molar-refractivity contribution is 0.108. The Morgan fingerprint density at radius 3 is 2.53 bits per heavy atom. The third kappa shape index (κ3) is 4.78. The number of nitrogens with one attached hydrogen (secondary N) is 1. The van der Waals surface area contributed by atoms with E-state index >= 15 is 8.78 Å². The zero-order valence-corrected chi connectivity index (χ0v) is 25.1. The molecule has 45 heavy (non-hydrogen) atoms. The van der Waals surface area contributed by atoms with Gasteiger partial charge in [-0.1, -0.05) is 13.8 Å². The standard InChI is InChI=1S/C30H28F4N6O3.C2H6/c31-19-10-15-9-17(41)11-18(20(15)23(33)22(19)32)25-24(34)26-21-27(40-8-5-35-12-16(40)13-42-28(21)36-25)38-29(37-26)43-14-30-3-1-6-39(30)7-2-4-30;1-2/h9-11,16,35,41H,1-8,12-14H2;1-2H3/t16-;/m0./s1. The quantitative estimate of drug-likeness (QED) is 0.231. The Labute approximate surface area is 257 Å². The van der Waals surface area contributed by atoms with Crippen molar-refractivity contribution in [3.63, 3.8) is 0 Å². The number of hydrogen-bond acceptors (Lipinski definition) is 9. The van der Waals surface area contributed by atoms with Crippen molar-refractivity contribution in [3.8, 4) is 28.9 Å². The molecular weight excluding hydrogens is 592 g/mol. The van der Waals surface area contributed by atoms with Crippen molar-refractivity contribution in [2.75, 3.05) is 50.8 Å². The summed E-state index contributed by atoms with van der Waals surface area (Å²) in [5.41, 5.74) is -0.968. The maximum absolute atomic E-state index is 16.7. The van der Waals surface area contributed by atoms with Gasteiger partial charge in [0.25, 0.3) is 0 Å². The molecule has 2 aromatic carbocycles. The van der Waals surface area contributed by atoms with Gasteiger partial charge in [-0.25, -0.2) is 22.5 Å². The van der Waals surface area contributed by atoms with E-state index in [4.69, 9.17) is 14.5 Å². The molecule has 0 radical (unpaired) electrons. The number of nitrogens with zero attached hydrogens (tertiary/aromatic N) is 5. The van der Waals surface area contributed by atoms with Crippen molar-refractivity contribution < 1.29 is 32.1 Å². The molecule has 9 nitrogen and oxygen atoms in total. The van der Waals surface area contributed by atoms with Crippen LogP contribution in [-0.2, 0) is 0 Å². The van der Waals surface area contributed by atoms with E-state index in [9.17, 15) is 13.9 Å². The summed E-state index contributed by atoms with van der Waals surface area (Å²) >= 11 is 0. The molecule has 0 spiro atoms. The third-order valence-corrected chi connectivity index (χ3v) is 9.34. The topological polar surface area (TPSA) is 95.9 Å². The van der Waals surface area contributed by atoms with Crippen LogP contribution in [-0.4, -0.2) is 82.5 Å². The monoisotopic (exact) mass is 626 g/mol. The van der Waals surface area contributed by atoms with Gasteiger partial charge in [0.1, 0.15) is 41.4 Å². The number of fused-ring (bicyclic) bond motifs is 4. The molecule has 3 fully saturated rings. The number of aromatic nitrogens is 3. The van der Waals surface area contributed by atoms with Crippen molar-refractivity contribution >= 4 is 27.5 Å². The molecule has 0 unspecified atom stereocenters. The fourth-order valence-corrected chi connectivity index (χ4v) is 7.29. The predicted molar refractivity (Wildman–Crippen MR) is 161 cm³/mol. The second kappa shape index (κ2) is 11.4. The van der Waals surface area contributed by atoms with Crippen LogP contribution in [0.4, 0.5) is 23.4 Å². The van der Waals surface area contributed by atoms with E-state index in [2.05, 4.69) is 20.2 Å². The fraction of sp³-hybridized carbons (Fsp3) is 0.469. The minimum atomic E-state index is -1.72. The lowest BCUT2D eigenvalue weighted by Gasteiger charge is -2.35. The Morgan fingerprint density at radius 1 is 0.978 bits per heavy atom. The average Bonchev–Trinajstić information content (AvgIpc) is 3.59. The minimum absolute atomic E-state index is 0.00290. The van der Waals surface area contributed by atoms with Crippen LogP contribution >= 0.6 is 0 Å². The van der Waals surface area contributed by atoms with Crippen molar-refractivity contribution in [2.24, 2.45) is 0 Å². The summed E-state index contributed by atoms with van der Waals surface area (Å²) in [7, 11) is 0. The van der Waals surface area contributed by atoms with Gasteiger partial charge in [-0.15, -0.1) is 0 Å². The Morgan fingerprint density at radius 2 is 1.76 bits per heavy atom. The second-order valence-corrected chi connectivity index (χ2v) is 11.8. The maximum atomic E-state index is 16.7. The number of piperazine rings is 1. The maximum Gasteiger partial charge on any atom is 0.319 e. The number of pyridine rings is 1. The van der Waals surface area contributed by atoms with E-state index in [1.165, 1.54) is 0 Å². The van der Waals surface area contributed by atoms with Gasteiger partial charge in [-0.2, -0.15) is 9.97 Å². The highest BCUT2D eigenvalue weighted by atomic mass is 19.2. The lowest BCUT2D eigenvalue weighted by atomic mass is 9.95. The van der Waals surface area contributed by atoms with Crippen LogP contribution in [0.15, 0.2) is 18.2 Å². The van der Waals surface area contributed by atoms with Crippen LogP contribution in [0.2, 0.25) is 0 Å². The SMILES string of the molecule is CC.Oc1cc(-c2nc3c4c(nc(OCC56CCCN5CCC6)nc4c2F)N2CCNC[C@H]2CO3)c2c(F)c(F)c(F)cc2c1. The van der Waals surface area contributed by atoms with Gasteiger partial charge in [0.05, 0.1) is 11.6 Å². The summed E-state index contributed by atoms with van der Waals surface area (Å²) in [4.78, 5) is 18.1. The van der Waals surface area contributed by atoms with Crippen LogP contribution < -0.4 is 19.7 Å². The number of hydrogen-bond donors (Lipinski definition) is 2. The first kappa shape index (κ1) is 29.7. The highest BCUT2D eigenvalue weighted by Gasteiger charge is 2.45. The fourth-order valence-electron chi connectivity index (χ4n) is 7.29. The molecule has 2 aromatic heterocycles. The minimum Gasteiger partial charge on any atom is -0.508 e. The number of anilines is 1. The van der Waals surface area contributed by atoms with E-state index in [0.29, 0.717) is 32.1 Å². The first-order chi connectivity index (χ1) is 21.8. The number of rotatable bonds is 4. The molecule has 0 aliphatic carbocycles. The summed E-state index contributed by atoms with van der Waals surface area (Å²) in [5, 5.41) is 13.4. The molecule has 1 atom stereocenters. The molecule has 0 amide bonds. The Kier molecular flexibility index (Phi) is 7.55. The highest BCUT2D eigenvalue weighted by molar-refractivity contribution is 6.02. The van der Waals surface area contributed by atoms with E-state index in [-0.39, 0.29) is 51.9 Å². The normalized spacial score (nSPS) is 20.3. The summed E-state index contributed by atoms with van der Waals surface area (Å²) in [6, 6.07) is 2.73. The second-order valence-electron chi connectivity index (χ2n) is 11.8. The van der Waals surface area contributed by atoms with Crippen LogP contribution in [0.25, 0.3) is 32.9 Å². The number of benzene rings is 2. The van der Waals surface area contributed by atoms with Crippen molar-refractivity contribution in [3.05, 3.63) is 41.5 Å². The van der Waals surface area contributed by atoms with Gasteiger partial charge in [-0.05, 0) is 62.4 Å². The number of aromatic hydroxyl groups is 1. The zero-order chi connectivity index (χ0) is 31.5. The summed E-state index contributed by atoms with van der Waals surface area (Å²) in [6.07, 6.45) is 4.17. The van der Waals surface area contributed by atoms with Gasteiger partial charge >= 0.3 is 6.01 Å². The largest absolute Gasteiger partial charge is 0.508 e. The van der Waals surface area contributed by atoms with Gasteiger partial charge in [0.2, 0.25) is 5.88 Å². The van der Waals surface area contributed by atoms with Crippen LogP contribution in [0.5, 0.6) is 17.6 Å². The van der Waals surface area contributed by atoms with Gasteiger partial charge in [-0.3, -0.25) is 4.90 Å².